The van der Waals surface area contributed by atoms with Gasteiger partial charge in [0.15, 0.2) is 6.39 Å². The Morgan fingerprint density at radius 3 is 2.72 bits per heavy atom. The second-order valence-electron chi connectivity index (χ2n) is 3.76. The van der Waals surface area contributed by atoms with Crippen LogP contribution in [-0.4, -0.2) is 10.9 Å². The van der Waals surface area contributed by atoms with E-state index in [9.17, 15) is 4.79 Å². The summed E-state index contributed by atoms with van der Waals surface area (Å²) in [5, 5.41) is 11.4. The van der Waals surface area contributed by atoms with Crippen molar-refractivity contribution in [1.82, 2.24) is 10.3 Å². The lowest BCUT2D eigenvalue weighted by atomic mass is 10.1. The first kappa shape index (κ1) is 11.9. The first-order valence-corrected chi connectivity index (χ1v) is 5.38. The molecule has 0 saturated heterocycles. The lowest BCUT2D eigenvalue weighted by molar-refractivity contribution is 0.0922. The Morgan fingerprint density at radius 1 is 1.44 bits per heavy atom. The minimum absolute atomic E-state index is 0.226. The van der Waals surface area contributed by atoms with Crippen LogP contribution in [0, 0.1) is 18.3 Å². The standard InChI is InChI=1S/C13H11N3O2/c1-9-12(18-8-16-9)13(17)15-7-11-4-2-10(6-14)3-5-11/h2-5,8H,7H2,1H3,(H,15,17). The van der Waals surface area contributed by atoms with Crippen LogP contribution >= 0.6 is 0 Å². The van der Waals surface area contributed by atoms with Gasteiger partial charge in [-0.05, 0) is 24.6 Å². The zero-order valence-corrected chi connectivity index (χ0v) is 9.80. The van der Waals surface area contributed by atoms with Crippen molar-refractivity contribution in [1.29, 1.82) is 5.26 Å². The van der Waals surface area contributed by atoms with Gasteiger partial charge in [0.25, 0.3) is 5.91 Å². The molecule has 0 spiro atoms. The molecule has 1 N–H and O–H groups in total. The van der Waals surface area contributed by atoms with Crippen LogP contribution in [0.15, 0.2) is 35.1 Å². The maximum atomic E-state index is 11.7. The monoisotopic (exact) mass is 241 g/mol. The van der Waals surface area contributed by atoms with E-state index in [2.05, 4.69) is 10.3 Å². The van der Waals surface area contributed by atoms with Crippen molar-refractivity contribution >= 4 is 5.91 Å². The molecule has 0 aliphatic rings. The molecule has 90 valence electrons. The molecule has 5 heteroatoms. The van der Waals surface area contributed by atoms with Crippen LogP contribution in [0.25, 0.3) is 0 Å². The van der Waals surface area contributed by atoms with Crippen LogP contribution in [0.4, 0.5) is 0 Å². The second-order valence-corrected chi connectivity index (χ2v) is 3.76. The maximum Gasteiger partial charge on any atom is 0.289 e. The molecular formula is C13H11N3O2. The summed E-state index contributed by atoms with van der Waals surface area (Å²) in [6, 6.07) is 9.05. The Morgan fingerprint density at radius 2 is 2.17 bits per heavy atom. The number of nitrogens with zero attached hydrogens (tertiary/aromatic N) is 2. The number of carbonyl (C=O) groups excluding carboxylic acids is 1. The second kappa shape index (κ2) is 5.15. The van der Waals surface area contributed by atoms with Gasteiger partial charge in [-0.15, -0.1) is 0 Å². The van der Waals surface area contributed by atoms with Gasteiger partial charge in [0.1, 0.15) is 0 Å². The molecule has 0 aliphatic heterocycles. The highest BCUT2D eigenvalue weighted by Crippen LogP contribution is 2.06. The van der Waals surface area contributed by atoms with Gasteiger partial charge in [-0.25, -0.2) is 4.98 Å². The summed E-state index contributed by atoms with van der Waals surface area (Å²) in [6.07, 6.45) is 1.24. The van der Waals surface area contributed by atoms with Crippen LogP contribution < -0.4 is 5.32 Å². The molecule has 5 nitrogen and oxygen atoms in total. The van der Waals surface area contributed by atoms with Gasteiger partial charge in [0, 0.05) is 6.54 Å². The van der Waals surface area contributed by atoms with E-state index in [1.54, 1.807) is 31.2 Å². The van der Waals surface area contributed by atoms with E-state index < -0.39 is 0 Å². The summed E-state index contributed by atoms with van der Waals surface area (Å²) in [4.78, 5) is 15.6. The molecule has 18 heavy (non-hydrogen) atoms. The fraction of sp³-hybridized carbons (Fsp3) is 0.154. The molecule has 2 aromatic rings. The number of aryl methyl sites for hydroxylation is 1. The van der Waals surface area contributed by atoms with Crippen LogP contribution in [0.5, 0.6) is 0 Å². The molecule has 1 amide bonds. The first-order chi connectivity index (χ1) is 8.70. The third-order valence-corrected chi connectivity index (χ3v) is 2.49. The Labute approximate surface area is 104 Å². The molecule has 0 atom stereocenters. The Bertz CT molecular complexity index is 593. The van der Waals surface area contributed by atoms with Crippen molar-refractivity contribution in [3.05, 3.63) is 53.2 Å². The van der Waals surface area contributed by atoms with Crippen molar-refractivity contribution in [2.24, 2.45) is 0 Å². The van der Waals surface area contributed by atoms with Crippen LogP contribution in [0.1, 0.15) is 27.4 Å². The van der Waals surface area contributed by atoms with Crippen molar-refractivity contribution in [2.75, 3.05) is 0 Å². The number of nitriles is 1. The number of oxazole rings is 1. The quantitative estimate of drug-likeness (QED) is 0.888. The third-order valence-electron chi connectivity index (χ3n) is 2.49. The van der Waals surface area contributed by atoms with Gasteiger partial charge in [0.2, 0.25) is 5.76 Å². The van der Waals surface area contributed by atoms with Gasteiger partial charge in [0.05, 0.1) is 17.3 Å². The molecule has 0 bridgehead atoms. The molecule has 1 heterocycles. The van der Waals surface area contributed by atoms with Crippen molar-refractivity contribution in [3.8, 4) is 6.07 Å². The van der Waals surface area contributed by atoms with E-state index in [1.807, 2.05) is 6.07 Å². The number of aromatic nitrogens is 1. The zero-order chi connectivity index (χ0) is 13.0. The first-order valence-electron chi connectivity index (χ1n) is 5.38. The molecule has 0 radical (unpaired) electrons. The summed E-state index contributed by atoms with van der Waals surface area (Å²) in [6.45, 7) is 2.09. The average Bonchev–Trinajstić information content (AvgIpc) is 2.83. The molecule has 0 saturated carbocycles. The van der Waals surface area contributed by atoms with Crippen LogP contribution in [0.2, 0.25) is 0 Å². The van der Waals surface area contributed by atoms with Gasteiger partial charge >= 0.3 is 0 Å². The number of rotatable bonds is 3. The zero-order valence-electron chi connectivity index (χ0n) is 9.80. The average molecular weight is 241 g/mol. The largest absolute Gasteiger partial charge is 0.438 e. The predicted molar refractivity (Wildman–Crippen MR) is 63.6 cm³/mol. The normalized spacial score (nSPS) is 9.78. The van der Waals surface area contributed by atoms with E-state index in [1.165, 1.54) is 6.39 Å². The topological polar surface area (TPSA) is 78.9 Å². The van der Waals surface area contributed by atoms with E-state index in [0.29, 0.717) is 17.8 Å². The number of benzene rings is 1. The predicted octanol–water partition coefficient (Wildman–Crippen LogP) is 1.78. The maximum absolute atomic E-state index is 11.7. The highest BCUT2D eigenvalue weighted by molar-refractivity contribution is 5.92. The van der Waals surface area contributed by atoms with Crippen molar-refractivity contribution < 1.29 is 9.21 Å². The van der Waals surface area contributed by atoms with Crippen molar-refractivity contribution in [2.45, 2.75) is 13.5 Å². The third kappa shape index (κ3) is 2.55. The minimum Gasteiger partial charge on any atom is -0.438 e. The van der Waals surface area contributed by atoms with Gasteiger partial charge in [-0.3, -0.25) is 4.79 Å². The molecule has 0 aliphatic carbocycles. The van der Waals surface area contributed by atoms with E-state index in [0.717, 1.165) is 5.56 Å². The summed E-state index contributed by atoms with van der Waals surface area (Å²) in [5.41, 5.74) is 2.07. The molecule has 0 unspecified atom stereocenters. The fourth-order valence-corrected chi connectivity index (χ4v) is 1.48. The van der Waals surface area contributed by atoms with Crippen molar-refractivity contribution in [3.63, 3.8) is 0 Å². The smallest absolute Gasteiger partial charge is 0.289 e. The van der Waals surface area contributed by atoms with Crippen LogP contribution in [-0.2, 0) is 6.54 Å². The van der Waals surface area contributed by atoms with Gasteiger partial charge in [-0.1, -0.05) is 12.1 Å². The molecule has 0 fully saturated rings. The highest BCUT2D eigenvalue weighted by atomic mass is 16.3. The van der Waals surface area contributed by atoms with Gasteiger partial charge < -0.3 is 9.73 Å². The van der Waals surface area contributed by atoms with Crippen LogP contribution in [0.3, 0.4) is 0 Å². The summed E-state index contributed by atoms with van der Waals surface area (Å²) in [7, 11) is 0. The summed E-state index contributed by atoms with van der Waals surface area (Å²) < 4.78 is 4.98. The number of hydrogen-bond acceptors (Lipinski definition) is 4. The van der Waals surface area contributed by atoms with E-state index in [-0.39, 0.29) is 11.7 Å². The Kier molecular flexibility index (Phi) is 3.39. The lowest BCUT2D eigenvalue weighted by Crippen LogP contribution is -2.23. The van der Waals surface area contributed by atoms with E-state index >= 15 is 0 Å². The number of nitrogens with one attached hydrogen (secondary N) is 1. The fourth-order valence-electron chi connectivity index (χ4n) is 1.48. The minimum atomic E-state index is -0.297. The summed E-state index contributed by atoms with van der Waals surface area (Å²) in [5.74, 6) is -0.0713. The lowest BCUT2D eigenvalue weighted by Gasteiger charge is -2.03. The number of hydrogen-bond donors (Lipinski definition) is 1. The molecule has 2 rings (SSSR count). The Balaban J connectivity index is 1.97. The summed E-state index contributed by atoms with van der Waals surface area (Å²) >= 11 is 0. The Hall–Kier alpha value is -2.61. The number of amides is 1. The van der Waals surface area contributed by atoms with E-state index in [4.69, 9.17) is 9.68 Å². The molecular weight excluding hydrogens is 230 g/mol. The molecule has 1 aromatic carbocycles. The number of carbonyl (C=O) groups is 1. The SMILES string of the molecule is Cc1ncoc1C(=O)NCc1ccc(C#N)cc1. The molecule has 1 aromatic heterocycles. The van der Waals surface area contributed by atoms with Gasteiger partial charge in [-0.2, -0.15) is 5.26 Å². The highest BCUT2D eigenvalue weighted by Gasteiger charge is 2.12.